The van der Waals surface area contributed by atoms with E-state index in [2.05, 4.69) is 156 Å². The SMILES string of the molecule is O=c1oc2ccccc2c2ccc(-c3ccc4c(c3)c3ccccc3n4-c3ccc4c(c3)C(c3ccccc3)(c3ccccc3)c3ccccc3-4)cc12. The second-order valence-corrected chi connectivity index (χ2v) is 14.0. The molecule has 3 heteroatoms. The average Bonchev–Trinajstić information content (AvgIpc) is 3.71. The van der Waals surface area contributed by atoms with Crippen molar-refractivity contribution in [2.75, 3.05) is 0 Å². The number of hydrogen-bond acceptors (Lipinski definition) is 2. The Hall–Kier alpha value is -6.97. The summed E-state index contributed by atoms with van der Waals surface area (Å²) in [6.45, 7) is 0. The van der Waals surface area contributed by atoms with Crippen LogP contribution in [0.2, 0.25) is 0 Å². The van der Waals surface area contributed by atoms with Crippen LogP contribution in [0.4, 0.5) is 0 Å². The van der Waals surface area contributed by atoms with Gasteiger partial charge in [0, 0.05) is 21.8 Å². The Labute approximate surface area is 305 Å². The Morgan fingerprint density at radius 2 is 1.02 bits per heavy atom. The normalized spacial score (nSPS) is 13.1. The topological polar surface area (TPSA) is 35.1 Å². The van der Waals surface area contributed by atoms with E-state index < -0.39 is 5.41 Å². The molecule has 10 aromatic rings. The predicted octanol–water partition coefficient (Wildman–Crippen LogP) is 12.1. The van der Waals surface area contributed by atoms with Gasteiger partial charge in [0.1, 0.15) is 5.58 Å². The number of benzene rings is 8. The lowest BCUT2D eigenvalue weighted by Crippen LogP contribution is -2.28. The van der Waals surface area contributed by atoms with Gasteiger partial charge in [0.15, 0.2) is 0 Å². The lowest BCUT2D eigenvalue weighted by Gasteiger charge is -2.34. The van der Waals surface area contributed by atoms with Crippen LogP contribution in [0.3, 0.4) is 0 Å². The van der Waals surface area contributed by atoms with Crippen LogP contribution in [0.5, 0.6) is 0 Å². The van der Waals surface area contributed by atoms with E-state index in [9.17, 15) is 4.79 Å². The third kappa shape index (κ3) is 4.19. The van der Waals surface area contributed by atoms with Gasteiger partial charge < -0.3 is 8.98 Å². The Bertz CT molecular complexity index is 3100. The average molecular weight is 678 g/mol. The van der Waals surface area contributed by atoms with Crippen molar-refractivity contribution in [2.45, 2.75) is 5.41 Å². The molecule has 53 heavy (non-hydrogen) atoms. The molecule has 0 bridgehead atoms. The maximum absolute atomic E-state index is 13.1. The maximum Gasteiger partial charge on any atom is 0.344 e. The van der Waals surface area contributed by atoms with Gasteiger partial charge in [-0.25, -0.2) is 4.79 Å². The molecular formula is C50H31NO2. The highest BCUT2D eigenvalue weighted by molar-refractivity contribution is 6.11. The van der Waals surface area contributed by atoms with Crippen LogP contribution in [0.25, 0.3) is 71.5 Å². The largest absolute Gasteiger partial charge is 0.422 e. The predicted molar refractivity (Wildman–Crippen MR) is 217 cm³/mol. The molecule has 2 heterocycles. The van der Waals surface area contributed by atoms with Crippen LogP contribution in [0.15, 0.2) is 197 Å². The number of hydrogen-bond donors (Lipinski definition) is 0. The summed E-state index contributed by atoms with van der Waals surface area (Å²) < 4.78 is 8.11. The fourth-order valence-corrected chi connectivity index (χ4v) is 9.06. The smallest absolute Gasteiger partial charge is 0.344 e. The minimum Gasteiger partial charge on any atom is -0.422 e. The van der Waals surface area contributed by atoms with E-state index in [0.29, 0.717) is 11.0 Å². The Morgan fingerprint density at radius 1 is 0.415 bits per heavy atom. The summed E-state index contributed by atoms with van der Waals surface area (Å²) in [5.74, 6) is 0. The van der Waals surface area contributed by atoms with E-state index in [4.69, 9.17) is 4.42 Å². The van der Waals surface area contributed by atoms with Crippen molar-refractivity contribution in [3.63, 3.8) is 0 Å². The van der Waals surface area contributed by atoms with E-state index in [-0.39, 0.29) is 5.63 Å². The van der Waals surface area contributed by atoms with Gasteiger partial charge in [0.05, 0.1) is 21.8 Å². The molecule has 0 unspecified atom stereocenters. The molecule has 0 radical (unpaired) electrons. The summed E-state index contributed by atoms with van der Waals surface area (Å²) >= 11 is 0. The van der Waals surface area contributed by atoms with E-state index >= 15 is 0 Å². The molecule has 0 spiro atoms. The van der Waals surface area contributed by atoms with Crippen LogP contribution in [0, 0.1) is 0 Å². The summed E-state index contributed by atoms with van der Waals surface area (Å²) in [4.78, 5) is 13.1. The van der Waals surface area contributed by atoms with E-state index in [1.807, 2.05) is 36.4 Å². The highest BCUT2D eigenvalue weighted by Crippen LogP contribution is 2.56. The van der Waals surface area contributed by atoms with Crippen molar-refractivity contribution in [1.82, 2.24) is 4.57 Å². The molecule has 11 rings (SSSR count). The van der Waals surface area contributed by atoms with Crippen LogP contribution in [-0.4, -0.2) is 4.57 Å². The number of aromatic nitrogens is 1. The molecule has 1 aliphatic carbocycles. The molecule has 0 saturated heterocycles. The first-order valence-corrected chi connectivity index (χ1v) is 18.1. The van der Waals surface area contributed by atoms with Crippen LogP contribution >= 0.6 is 0 Å². The molecule has 8 aromatic carbocycles. The summed E-state index contributed by atoms with van der Waals surface area (Å²) in [5, 5.41) is 4.76. The van der Waals surface area contributed by atoms with Gasteiger partial charge in [-0.1, -0.05) is 146 Å². The van der Waals surface area contributed by atoms with E-state index in [1.54, 1.807) is 0 Å². The van der Waals surface area contributed by atoms with Gasteiger partial charge in [-0.2, -0.15) is 0 Å². The third-order valence-electron chi connectivity index (χ3n) is 11.3. The Kier molecular flexibility index (Phi) is 6.32. The van der Waals surface area contributed by atoms with Crippen molar-refractivity contribution < 1.29 is 4.42 Å². The molecule has 0 saturated carbocycles. The second-order valence-electron chi connectivity index (χ2n) is 14.0. The minimum absolute atomic E-state index is 0.320. The standard InChI is InChI=1S/C50H31NO2/c52-49-43-30-32(23-26-37(43)41-19-9-12-22-48(41)53-49)33-24-28-47-42(29-33)40-18-8-11-21-46(40)51(47)36-25-27-39-38-17-7-10-20-44(38)50(45(39)31-36,34-13-3-1-4-14-34)35-15-5-2-6-16-35/h1-31H. The van der Waals surface area contributed by atoms with Gasteiger partial charge >= 0.3 is 5.63 Å². The molecule has 3 nitrogen and oxygen atoms in total. The van der Waals surface area contributed by atoms with Gasteiger partial charge in [0.2, 0.25) is 0 Å². The highest BCUT2D eigenvalue weighted by Gasteiger charge is 2.46. The van der Waals surface area contributed by atoms with Crippen molar-refractivity contribution in [3.05, 3.63) is 221 Å². The fourth-order valence-electron chi connectivity index (χ4n) is 9.06. The molecule has 0 atom stereocenters. The first-order valence-electron chi connectivity index (χ1n) is 18.1. The zero-order chi connectivity index (χ0) is 35.1. The molecule has 0 N–H and O–H groups in total. The van der Waals surface area contributed by atoms with Crippen LogP contribution in [0.1, 0.15) is 22.3 Å². The minimum atomic E-state index is -0.482. The quantitative estimate of drug-likeness (QED) is 0.137. The molecule has 248 valence electrons. The monoisotopic (exact) mass is 677 g/mol. The number of para-hydroxylation sites is 2. The zero-order valence-electron chi connectivity index (χ0n) is 28.7. The molecular weight excluding hydrogens is 647 g/mol. The van der Waals surface area contributed by atoms with Crippen LogP contribution in [-0.2, 0) is 5.41 Å². The fraction of sp³-hybridized carbons (Fsp3) is 0.0200. The maximum atomic E-state index is 13.1. The van der Waals surface area contributed by atoms with Crippen molar-refractivity contribution in [3.8, 4) is 27.9 Å². The molecule has 0 aliphatic heterocycles. The van der Waals surface area contributed by atoms with E-state index in [1.165, 1.54) is 38.8 Å². The summed E-state index contributed by atoms with van der Waals surface area (Å²) in [5.41, 5.74) is 12.8. The lowest BCUT2D eigenvalue weighted by molar-refractivity contribution is 0.569. The summed E-state index contributed by atoms with van der Waals surface area (Å²) in [6.07, 6.45) is 0. The van der Waals surface area contributed by atoms with Gasteiger partial charge in [-0.15, -0.1) is 0 Å². The number of fused-ring (bicyclic) bond motifs is 9. The Balaban J connectivity index is 1.14. The van der Waals surface area contributed by atoms with Gasteiger partial charge in [0.25, 0.3) is 0 Å². The number of nitrogens with zero attached hydrogens (tertiary/aromatic N) is 1. The highest BCUT2D eigenvalue weighted by atomic mass is 16.4. The van der Waals surface area contributed by atoms with Crippen LogP contribution < -0.4 is 5.63 Å². The second kappa shape index (κ2) is 11.3. The van der Waals surface area contributed by atoms with E-state index in [0.717, 1.165) is 44.0 Å². The first kappa shape index (κ1) is 29.7. The van der Waals surface area contributed by atoms with Crippen molar-refractivity contribution in [1.29, 1.82) is 0 Å². The molecule has 0 amide bonds. The van der Waals surface area contributed by atoms with Crippen molar-refractivity contribution >= 4 is 43.5 Å². The number of rotatable bonds is 4. The third-order valence-corrected chi connectivity index (χ3v) is 11.3. The molecule has 0 fully saturated rings. The zero-order valence-corrected chi connectivity index (χ0v) is 28.7. The summed E-state index contributed by atoms with van der Waals surface area (Å²) in [6, 6.07) is 66.9. The Morgan fingerprint density at radius 3 is 1.81 bits per heavy atom. The first-order chi connectivity index (χ1) is 26.2. The lowest BCUT2D eigenvalue weighted by atomic mass is 9.67. The summed E-state index contributed by atoms with van der Waals surface area (Å²) in [7, 11) is 0. The van der Waals surface area contributed by atoms with Crippen molar-refractivity contribution in [2.24, 2.45) is 0 Å². The molecule has 1 aliphatic rings. The van der Waals surface area contributed by atoms with Gasteiger partial charge in [-0.05, 0) is 92.4 Å². The van der Waals surface area contributed by atoms with Gasteiger partial charge in [-0.3, -0.25) is 0 Å². The molecule has 2 aromatic heterocycles.